The molecule has 0 atom stereocenters. The van der Waals surface area contributed by atoms with Crippen LogP contribution in [0.3, 0.4) is 0 Å². The number of carbonyl (C=O) groups is 2. The van der Waals surface area contributed by atoms with E-state index in [0.29, 0.717) is 17.3 Å². The number of nitrogens with zero attached hydrogens (tertiary/aromatic N) is 1. The maximum absolute atomic E-state index is 12.7. The predicted molar refractivity (Wildman–Crippen MR) is 113 cm³/mol. The molecule has 28 heavy (non-hydrogen) atoms. The van der Waals surface area contributed by atoms with Crippen LogP contribution < -0.4 is 10.2 Å². The molecule has 2 N–H and O–H groups in total. The van der Waals surface area contributed by atoms with Gasteiger partial charge in [-0.05, 0) is 42.9 Å². The second-order valence-corrected chi connectivity index (χ2v) is 7.54. The van der Waals surface area contributed by atoms with Crippen molar-refractivity contribution in [2.75, 3.05) is 6.61 Å². The Hall–Kier alpha value is -2.84. The molecule has 0 radical (unpaired) electrons. The lowest BCUT2D eigenvalue weighted by molar-refractivity contribution is -0.123. The summed E-state index contributed by atoms with van der Waals surface area (Å²) in [5.41, 5.74) is 3.26. The summed E-state index contributed by atoms with van der Waals surface area (Å²) in [6.45, 7) is 2.59. The van der Waals surface area contributed by atoms with Gasteiger partial charge in [-0.2, -0.15) is 5.01 Å². The summed E-state index contributed by atoms with van der Waals surface area (Å²) in [7, 11) is 0. The van der Waals surface area contributed by atoms with Crippen molar-refractivity contribution in [2.45, 2.75) is 13.3 Å². The van der Waals surface area contributed by atoms with Gasteiger partial charge in [-0.15, -0.1) is 0 Å². The fraction of sp³-hybridized carbons (Fsp3) is 0.150. The molecule has 0 unspecified atom stereocenters. The standard InChI is InChI=1S/C20H18N2O4S2/c1-2-11-26-16-10-6-3-7-13(16)12-17-19(25)22(20(27)28-17)21-18(24)14-8-4-5-9-15(14)23/h3-10,12,23H,2,11H2,1H3,(H,21,24)/b17-12-. The highest BCUT2D eigenvalue weighted by molar-refractivity contribution is 8.26. The van der Waals surface area contributed by atoms with Crippen molar-refractivity contribution < 1.29 is 19.4 Å². The minimum atomic E-state index is -0.623. The lowest BCUT2D eigenvalue weighted by atomic mass is 10.2. The number of phenolic OH excluding ortho intramolecular Hbond substituents is 1. The zero-order chi connectivity index (χ0) is 20.1. The van der Waals surface area contributed by atoms with E-state index in [4.69, 9.17) is 17.0 Å². The molecule has 1 aliphatic rings. The average Bonchev–Trinajstić information content (AvgIpc) is 2.95. The van der Waals surface area contributed by atoms with Crippen LogP contribution in [0.4, 0.5) is 0 Å². The van der Waals surface area contributed by atoms with Crippen LogP contribution in [0.1, 0.15) is 29.3 Å². The topological polar surface area (TPSA) is 78.9 Å². The second kappa shape index (κ2) is 8.90. The van der Waals surface area contributed by atoms with Crippen LogP contribution in [-0.2, 0) is 4.79 Å². The zero-order valence-corrected chi connectivity index (χ0v) is 16.7. The Kier molecular flexibility index (Phi) is 6.33. The van der Waals surface area contributed by atoms with E-state index in [9.17, 15) is 14.7 Å². The molecule has 1 aliphatic heterocycles. The predicted octanol–water partition coefficient (Wildman–Crippen LogP) is 3.73. The molecule has 1 fully saturated rings. The number of rotatable bonds is 6. The summed E-state index contributed by atoms with van der Waals surface area (Å²) < 4.78 is 5.91. The summed E-state index contributed by atoms with van der Waals surface area (Å²) in [6, 6.07) is 13.5. The van der Waals surface area contributed by atoms with E-state index >= 15 is 0 Å². The van der Waals surface area contributed by atoms with Gasteiger partial charge in [0.15, 0.2) is 4.32 Å². The number of para-hydroxylation sites is 2. The van der Waals surface area contributed by atoms with Gasteiger partial charge in [0.25, 0.3) is 11.8 Å². The molecule has 8 heteroatoms. The maximum atomic E-state index is 12.7. The van der Waals surface area contributed by atoms with Gasteiger partial charge in [0.2, 0.25) is 0 Å². The van der Waals surface area contributed by atoms with Crippen LogP contribution in [-0.4, -0.2) is 32.9 Å². The highest BCUT2D eigenvalue weighted by atomic mass is 32.2. The van der Waals surface area contributed by atoms with E-state index in [-0.39, 0.29) is 15.6 Å². The van der Waals surface area contributed by atoms with Crippen LogP contribution in [0.25, 0.3) is 6.08 Å². The number of thiocarbonyl (C=S) groups is 1. The Morgan fingerprint density at radius 2 is 1.96 bits per heavy atom. The SMILES string of the molecule is CCCOc1ccccc1/C=C1\SC(=S)N(NC(=O)c2ccccc2O)C1=O. The van der Waals surface area contributed by atoms with Crippen LogP contribution in [0.15, 0.2) is 53.4 Å². The first-order valence-corrected chi connectivity index (χ1v) is 9.82. The number of thioether (sulfide) groups is 1. The molecular formula is C20H18N2O4S2. The first kappa shape index (κ1) is 19.9. The third-order valence-electron chi connectivity index (χ3n) is 3.82. The number of aromatic hydroxyl groups is 1. The van der Waals surface area contributed by atoms with Gasteiger partial charge >= 0.3 is 0 Å². The van der Waals surface area contributed by atoms with Crippen molar-refractivity contribution in [3.8, 4) is 11.5 Å². The smallest absolute Gasteiger partial charge is 0.285 e. The molecule has 2 amide bonds. The minimum absolute atomic E-state index is 0.0545. The van der Waals surface area contributed by atoms with E-state index in [2.05, 4.69) is 5.43 Å². The number of phenols is 1. The Morgan fingerprint density at radius 3 is 2.71 bits per heavy atom. The van der Waals surface area contributed by atoms with Crippen molar-refractivity contribution in [3.05, 3.63) is 64.6 Å². The van der Waals surface area contributed by atoms with E-state index < -0.39 is 11.8 Å². The van der Waals surface area contributed by atoms with Gasteiger partial charge in [0.05, 0.1) is 17.1 Å². The maximum Gasteiger partial charge on any atom is 0.285 e. The third-order valence-corrected chi connectivity index (χ3v) is 5.13. The van der Waals surface area contributed by atoms with E-state index in [1.807, 2.05) is 31.2 Å². The number of hydrazine groups is 1. The van der Waals surface area contributed by atoms with Crippen molar-refractivity contribution in [2.24, 2.45) is 0 Å². The number of hydrogen-bond acceptors (Lipinski definition) is 6. The number of benzene rings is 2. The molecule has 3 rings (SSSR count). The lowest BCUT2D eigenvalue weighted by Gasteiger charge is -2.16. The van der Waals surface area contributed by atoms with Gasteiger partial charge in [-0.1, -0.05) is 49.0 Å². The molecule has 6 nitrogen and oxygen atoms in total. The van der Waals surface area contributed by atoms with Crippen molar-refractivity contribution in [1.29, 1.82) is 0 Å². The Balaban J connectivity index is 1.80. The van der Waals surface area contributed by atoms with Gasteiger partial charge in [0.1, 0.15) is 11.5 Å². The Morgan fingerprint density at radius 1 is 1.25 bits per heavy atom. The molecule has 0 bridgehead atoms. The molecule has 2 aromatic rings. The largest absolute Gasteiger partial charge is 0.507 e. The first-order chi connectivity index (χ1) is 13.5. The molecule has 1 saturated heterocycles. The molecule has 0 saturated carbocycles. The van der Waals surface area contributed by atoms with E-state index in [0.717, 1.165) is 28.8 Å². The Labute approximate surface area is 172 Å². The second-order valence-electron chi connectivity index (χ2n) is 5.86. The minimum Gasteiger partial charge on any atom is -0.507 e. The van der Waals surface area contributed by atoms with Crippen LogP contribution >= 0.6 is 24.0 Å². The quantitative estimate of drug-likeness (QED) is 0.554. The summed E-state index contributed by atoms with van der Waals surface area (Å²) in [6.07, 6.45) is 2.56. The number of hydrogen-bond donors (Lipinski definition) is 2. The highest BCUT2D eigenvalue weighted by Gasteiger charge is 2.34. The summed E-state index contributed by atoms with van der Waals surface area (Å²) in [5.74, 6) is -0.567. The monoisotopic (exact) mass is 414 g/mol. The molecule has 0 aliphatic carbocycles. The van der Waals surface area contributed by atoms with Crippen LogP contribution in [0, 0.1) is 0 Å². The number of ether oxygens (including phenoxy) is 1. The zero-order valence-electron chi connectivity index (χ0n) is 15.0. The molecule has 1 heterocycles. The third kappa shape index (κ3) is 4.35. The van der Waals surface area contributed by atoms with E-state index in [1.54, 1.807) is 18.2 Å². The summed E-state index contributed by atoms with van der Waals surface area (Å²) in [5, 5.41) is 10.8. The first-order valence-electron chi connectivity index (χ1n) is 8.60. The fourth-order valence-corrected chi connectivity index (χ4v) is 3.65. The number of nitrogens with one attached hydrogen (secondary N) is 1. The molecule has 0 spiro atoms. The number of amides is 2. The molecule has 0 aromatic heterocycles. The summed E-state index contributed by atoms with van der Waals surface area (Å²) >= 11 is 6.32. The van der Waals surface area contributed by atoms with Crippen LogP contribution in [0.5, 0.6) is 11.5 Å². The van der Waals surface area contributed by atoms with Gasteiger partial charge < -0.3 is 9.84 Å². The summed E-state index contributed by atoms with van der Waals surface area (Å²) in [4.78, 5) is 25.5. The average molecular weight is 415 g/mol. The van der Waals surface area contributed by atoms with Crippen molar-refractivity contribution in [3.63, 3.8) is 0 Å². The Bertz CT molecular complexity index is 959. The van der Waals surface area contributed by atoms with Gasteiger partial charge in [-0.3, -0.25) is 15.0 Å². The van der Waals surface area contributed by atoms with Gasteiger partial charge in [-0.25, -0.2) is 0 Å². The molecule has 2 aromatic carbocycles. The van der Waals surface area contributed by atoms with E-state index in [1.165, 1.54) is 12.1 Å². The normalized spacial score (nSPS) is 15.2. The van der Waals surface area contributed by atoms with Crippen LogP contribution in [0.2, 0.25) is 0 Å². The number of carbonyl (C=O) groups excluding carboxylic acids is 2. The van der Waals surface area contributed by atoms with Gasteiger partial charge in [0, 0.05) is 5.56 Å². The van der Waals surface area contributed by atoms with Crippen molar-refractivity contribution >= 4 is 46.2 Å². The molecular weight excluding hydrogens is 396 g/mol. The lowest BCUT2D eigenvalue weighted by Crippen LogP contribution is -2.44. The molecule has 144 valence electrons. The highest BCUT2D eigenvalue weighted by Crippen LogP contribution is 2.33. The fourth-order valence-electron chi connectivity index (χ4n) is 2.48. The van der Waals surface area contributed by atoms with Crippen molar-refractivity contribution in [1.82, 2.24) is 10.4 Å².